The highest BCUT2D eigenvalue weighted by molar-refractivity contribution is 5.82. The molecule has 1 aliphatic heterocycles. The minimum absolute atomic E-state index is 0.189. The Labute approximate surface area is 157 Å². The van der Waals surface area contributed by atoms with E-state index in [1.54, 1.807) is 0 Å². The van der Waals surface area contributed by atoms with Crippen molar-refractivity contribution in [2.45, 2.75) is 19.1 Å². The molecule has 5 heteroatoms. The molecule has 2 aromatic heterocycles. The summed E-state index contributed by atoms with van der Waals surface area (Å²) in [6.07, 6.45) is 3.03. The van der Waals surface area contributed by atoms with Crippen LogP contribution in [0.2, 0.25) is 0 Å². The molecule has 1 atom stereocenters. The van der Waals surface area contributed by atoms with Gasteiger partial charge in [-0.3, -0.25) is 10.00 Å². The fraction of sp³-hybridized carbons (Fsp3) is 0.227. The van der Waals surface area contributed by atoms with Gasteiger partial charge in [0.05, 0.1) is 6.20 Å². The monoisotopic (exact) mass is 359 g/mol. The van der Waals surface area contributed by atoms with Crippen molar-refractivity contribution in [2.75, 3.05) is 13.6 Å². The zero-order valence-corrected chi connectivity index (χ0v) is 15.2. The molecule has 0 spiro atoms. The van der Waals surface area contributed by atoms with Gasteiger partial charge in [0.2, 0.25) is 0 Å². The van der Waals surface area contributed by atoms with E-state index < -0.39 is 0 Å². The summed E-state index contributed by atoms with van der Waals surface area (Å²) in [5.41, 5.74) is 4.24. The summed E-state index contributed by atoms with van der Waals surface area (Å²) in [4.78, 5) is 2.27. The van der Waals surface area contributed by atoms with Crippen molar-refractivity contribution in [3.05, 3.63) is 71.9 Å². The number of nitrogens with zero attached hydrogens (tertiary/aromatic N) is 2. The molecule has 0 aliphatic carbocycles. The predicted octanol–water partition coefficient (Wildman–Crippen LogP) is 4.26. The number of H-pyrrole nitrogens is 1. The van der Waals surface area contributed by atoms with Gasteiger partial charge in [0.15, 0.2) is 5.76 Å². The molecular formula is C22H21N3O2. The van der Waals surface area contributed by atoms with Crippen LogP contribution in [0.1, 0.15) is 11.1 Å². The van der Waals surface area contributed by atoms with Gasteiger partial charge in [0.1, 0.15) is 23.1 Å². The molecule has 0 unspecified atom stereocenters. The summed E-state index contributed by atoms with van der Waals surface area (Å²) in [7, 11) is 2.11. The number of aromatic amines is 1. The lowest BCUT2D eigenvalue weighted by Crippen LogP contribution is -2.31. The number of hydrogen-bond donors (Lipinski definition) is 1. The molecule has 1 aliphatic rings. The van der Waals surface area contributed by atoms with Crippen LogP contribution >= 0.6 is 0 Å². The first-order chi connectivity index (χ1) is 13.3. The first-order valence-corrected chi connectivity index (χ1v) is 9.20. The van der Waals surface area contributed by atoms with Crippen LogP contribution in [0, 0.1) is 0 Å². The highest BCUT2D eigenvalue weighted by Crippen LogP contribution is 2.30. The first-order valence-electron chi connectivity index (χ1n) is 9.20. The molecular weight excluding hydrogens is 338 g/mol. The molecule has 1 N–H and O–H groups in total. The number of furan rings is 1. The second-order valence-corrected chi connectivity index (χ2v) is 7.17. The summed E-state index contributed by atoms with van der Waals surface area (Å²) in [6, 6.07) is 18.4. The maximum Gasteiger partial charge on any atom is 0.153 e. The fourth-order valence-corrected chi connectivity index (χ4v) is 3.81. The lowest BCUT2D eigenvalue weighted by atomic mass is 10.1. The molecule has 0 bridgehead atoms. The van der Waals surface area contributed by atoms with Crippen LogP contribution in [-0.4, -0.2) is 34.8 Å². The first kappa shape index (κ1) is 16.1. The van der Waals surface area contributed by atoms with Crippen molar-refractivity contribution in [1.82, 2.24) is 15.1 Å². The number of nitrogens with one attached hydrogen (secondary N) is 1. The van der Waals surface area contributed by atoms with Crippen LogP contribution in [0.15, 0.2) is 65.2 Å². The quantitative estimate of drug-likeness (QED) is 0.578. The zero-order valence-electron chi connectivity index (χ0n) is 15.2. The van der Waals surface area contributed by atoms with Crippen LogP contribution in [-0.2, 0) is 13.0 Å². The second kappa shape index (κ2) is 6.59. The normalized spacial score (nSPS) is 16.0. The van der Waals surface area contributed by atoms with Gasteiger partial charge in [-0.2, -0.15) is 5.10 Å². The molecule has 136 valence electrons. The Hall–Kier alpha value is -3.05. The standard InChI is InChI=1S/C22H21N3O2/c1-25(14-18-10-15-6-2-4-8-19(15)26-18)13-17-12-23-24-22(17)21-11-16-7-3-5-9-20(16)27-21/h2-9,11-12,18H,10,13-14H2,1H3,(H,23,24)/t18-/m0/s1. The van der Waals surface area contributed by atoms with Gasteiger partial charge in [0, 0.05) is 30.5 Å². The average molecular weight is 359 g/mol. The lowest BCUT2D eigenvalue weighted by molar-refractivity contribution is 0.165. The van der Waals surface area contributed by atoms with E-state index in [2.05, 4.69) is 46.4 Å². The molecule has 5 nitrogen and oxygen atoms in total. The van der Waals surface area contributed by atoms with E-state index in [1.165, 1.54) is 5.56 Å². The van der Waals surface area contributed by atoms with E-state index in [-0.39, 0.29) is 6.10 Å². The van der Waals surface area contributed by atoms with E-state index in [9.17, 15) is 0 Å². The summed E-state index contributed by atoms with van der Waals surface area (Å²) in [5, 5.41) is 8.43. The Kier molecular flexibility index (Phi) is 3.94. The smallest absolute Gasteiger partial charge is 0.153 e. The lowest BCUT2D eigenvalue weighted by Gasteiger charge is -2.20. The summed E-state index contributed by atoms with van der Waals surface area (Å²) in [6.45, 7) is 1.64. The van der Waals surface area contributed by atoms with Crippen LogP contribution in [0.3, 0.4) is 0 Å². The van der Waals surface area contributed by atoms with Gasteiger partial charge >= 0.3 is 0 Å². The Morgan fingerprint density at radius 3 is 2.89 bits per heavy atom. The van der Waals surface area contributed by atoms with Gasteiger partial charge in [0.25, 0.3) is 0 Å². The van der Waals surface area contributed by atoms with E-state index >= 15 is 0 Å². The maximum absolute atomic E-state index is 6.07. The Morgan fingerprint density at radius 2 is 2.00 bits per heavy atom. The second-order valence-electron chi connectivity index (χ2n) is 7.17. The van der Waals surface area contributed by atoms with Crippen LogP contribution in [0.5, 0.6) is 5.75 Å². The van der Waals surface area contributed by atoms with Crippen molar-refractivity contribution in [2.24, 2.45) is 0 Å². The number of rotatable bonds is 5. The summed E-state index contributed by atoms with van der Waals surface area (Å²) < 4.78 is 12.1. The number of aromatic nitrogens is 2. The molecule has 0 saturated heterocycles. The highest BCUT2D eigenvalue weighted by Gasteiger charge is 2.24. The van der Waals surface area contributed by atoms with Gasteiger partial charge in [-0.1, -0.05) is 36.4 Å². The highest BCUT2D eigenvalue weighted by atomic mass is 16.5. The molecule has 5 rings (SSSR count). The van der Waals surface area contributed by atoms with Crippen molar-refractivity contribution in [3.63, 3.8) is 0 Å². The van der Waals surface area contributed by atoms with Crippen molar-refractivity contribution >= 4 is 11.0 Å². The van der Waals surface area contributed by atoms with Gasteiger partial charge in [-0.25, -0.2) is 0 Å². The SMILES string of the molecule is CN(Cc1cn[nH]c1-c1cc2ccccc2o1)C[C@@H]1Cc2ccccc2O1. The largest absolute Gasteiger partial charge is 0.488 e. The van der Waals surface area contributed by atoms with Gasteiger partial charge in [-0.15, -0.1) is 0 Å². The molecule has 27 heavy (non-hydrogen) atoms. The number of hydrogen-bond acceptors (Lipinski definition) is 4. The summed E-state index contributed by atoms with van der Waals surface area (Å²) in [5.74, 6) is 1.84. The van der Waals surface area contributed by atoms with Crippen molar-refractivity contribution in [1.29, 1.82) is 0 Å². The molecule has 0 fully saturated rings. The number of benzene rings is 2. The number of para-hydroxylation sites is 2. The predicted molar refractivity (Wildman–Crippen MR) is 105 cm³/mol. The topological polar surface area (TPSA) is 54.3 Å². The molecule has 0 amide bonds. The zero-order chi connectivity index (χ0) is 18.2. The molecule has 2 aromatic carbocycles. The fourth-order valence-electron chi connectivity index (χ4n) is 3.81. The van der Waals surface area contributed by atoms with E-state index in [0.717, 1.165) is 53.2 Å². The van der Waals surface area contributed by atoms with E-state index in [0.29, 0.717) is 0 Å². The minimum atomic E-state index is 0.189. The third-order valence-corrected chi connectivity index (χ3v) is 5.06. The minimum Gasteiger partial charge on any atom is -0.488 e. The Balaban J connectivity index is 1.30. The van der Waals surface area contributed by atoms with Gasteiger partial charge < -0.3 is 9.15 Å². The third kappa shape index (κ3) is 3.11. The molecule has 4 aromatic rings. The van der Waals surface area contributed by atoms with Crippen LogP contribution < -0.4 is 4.74 Å². The molecule has 3 heterocycles. The Bertz CT molecular complexity index is 1020. The third-order valence-electron chi connectivity index (χ3n) is 5.06. The van der Waals surface area contributed by atoms with E-state index in [1.807, 2.05) is 36.5 Å². The van der Waals surface area contributed by atoms with Gasteiger partial charge in [-0.05, 0) is 30.8 Å². The van der Waals surface area contributed by atoms with E-state index in [4.69, 9.17) is 9.15 Å². The number of ether oxygens (including phenoxy) is 1. The number of fused-ring (bicyclic) bond motifs is 2. The average Bonchev–Trinajstić information content (AvgIpc) is 3.38. The van der Waals surface area contributed by atoms with Crippen molar-refractivity contribution in [3.8, 4) is 17.2 Å². The number of likely N-dealkylation sites (N-methyl/N-ethyl adjacent to an activating group) is 1. The van der Waals surface area contributed by atoms with Crippen molar-refractivity contribution < 1.29 is 9.15 Å². The van der Waals surface area contributed by atoms with Crippen LogP contribution in [0.25, 0.3) is 22.4 Å². The van der Waals surface area contributed by atoms with Crippen LogP contribution in [0.4, 0.5) is 0 Å². The molecule has 0 saturated carbocycles. The summed E-state index contributed by atoms with van der Waals surface area (Å²) >= 11 is 0. The Morgan fingerprint density at radius 1 is 1.15 bits per heavy atom. The maximum atomic E-state index is 6.07. The molecule has 0 radical (unpaired) electrons.